The molecule has 7 nitrogen and oxygen atoms in total. The SMILES string of the molecule is COc1ccc(O)c([C@H](C)NC(=O)[C@H](F)C2CN(C(=O)OC(C)(C)C)C2)c1. The molecule has 1 aliphatic heterocycles. The number of carbonyl (C=O) groups excluding carboxylic acids is 2. The minimum Gasteiger partial charge on any atom is -0.508 e. The van der Waals surface area contributed by atoms with Gasteiger partial charge < -0.3 is 24.8 Å². The van der Waals surface area contributed by atoms with Gasteiger partial charge in [0.25, 0.3) is 5.91 Å². The first-order valence-electron chi connectivity index (χ1n) is 8.81. The number of carbonyl (C=O) groups is 2. The van der Waals surface area contributed by atoms with Gasteiger partial charge in [-0.2, -0.15) is 0 Å². The molecule has 2 rings (SSSR count). The number of benzene rings is 1. The number of hydrogen-bond acceptors (Lipinski definition) is 5. The molecule has 0 aliphatic carbocycles. The number of nitrogens with zero attached hydrogens (tertiary/aromatic N) is 1. The van der Waals surface area contributed by atoms with E-state index in [2.05, 4.69) is 5.32 Å². The van der Waals surface area contributed by atoms with E-state index in [1.807, 2.05) is 0 Å². The molecule has 2 atom stereocenters. The van der Waals surface area contributed by atoms with E-state index in [0.29, 0.717) is 11.3 Å². The molecule has 0 unspecified atom stereocenters. The molecule has 8 heteroatoms. The molecular formula is C19H27FN2O5. The van der Waals surface area contributed by atoms with Gasteiger partial charge in [-0.05, 0) is 45.9 Å². The van der Waals surface area contributed by atoms with Gasteiger partial charge in [-0.25, -0.2) is 9.18 Å². The Labute approximate surface area is 158 Å². The van der Waals surface area contributed by atoms with Gasteiger partial charge >= 0.3 is 6.09 Å². The Morgan fingerprint density at radius 3 is 2.52 bits per heavy atom. The van der Waals surface area contributed by atoms with Gasteiger partial charge in [0.1, 0.15) is 17.1 Å². The van der Waals surface area contributed by atoms with Crippen molar-refractivity contribution >= 4 is 12.0 Å². The van der Waals surface area contributed by atoms with Gasteiger partial charge in [0.05, 0.1) is 13.2 Å². The molecule has 2 amide bonds. The summed E-state index contributed by atoms with van der Waals surface area (Å²) in [5.74, 6) is -0.853. The molecule has 2 N–H and O–H groups in total. The van der Waals surface area contributed by atoms with Crippen LogP contribution in [0, 0.1) is 5.92 Å². The number of rotatable bonds is 5. The van der Waals surface area contributed by atoms with Crippen molar-refractivity contribution in [1.29, 1.82) is 0 Å². The van der Waals surface area contributed by atoms with Gasteiger partial charge in [-0.1, -0.05) is 0 Å². The topological polar surface area (TPSA) is 88.1 Å². The van der Waals surface area contributed by atoms with Crippen LogP contribution in [0.4, 0.5) is 9.18 Å². The highest BCUT2D eigenvalue weighted by atomic mass is 19.1. The second-order valence-corrected chi connectivity index (χ2v) is 7.70. The average molecular weight is 382 g/mol. The molecule has 0 saturated carbocycles. The summed E-state index contributed by atoms with van der Waals surface area (Å²) in [7, 11) is 1.49. The number of phenolic OH excluding ortho intramolecular Hbond substituents is 1. The normalized spacial score (nSPS) is 16.9. The third-order valence-electron chi connectivity index (χ3n) is 4.29. The predicted octanol–water partition coefficient (Wildman–Crippen LogP) is 2.78. The Morgan fingerprint density at radius 1 is 1.33 bits per heavy atom. The molecule has 0 radical (unpaired) electrons. The number of nitrogens with one attached hydrogen (secondary N) is 1. The van der Waals surface area contributed by atoms with Gasteiger partial charge in [-0.3, -0.25) is 4.79 Å². The number of likely N-dealkylation sites (tertiary alicyclic amines) is 1. The van der Waals surface area contributed by atoms with Crippen LogP contribution in [0.5, 0.6) is 11.5 Å². The Balaban J connectivity index is 1.89. The summed E-state index contributed by atoms with van der Waals surface area (Å²) < 4.78 is 24.8. The summed E-state index contributed by atoms with van der Waals surface area (Å²) in [6, 6.07) is 4.02. The quantitative estimate of drug-likeness (QED) is 0.818. The van der Waals surface area contributed by atoms with E-state index in [9.17, 15) is 19.1 Å². The first-order chi connectivity index (χ1) is 12.5. The monoisotopic (exact) mass is 382 g/mol. The average Bonchev–Trinajstić information content (AvgIpc) is 2.51. The third kappa shape index (κ3) is 5.24. The summed E-state index contributed by atoms with van der Waals surface area (Å²) in [5, 5.41) is 12.5. The first-order valence-corrected chi connectivity index (χ1v) is 8.81. The number of phenols is 1. The number of alkyl halides is 1. The summed E-state index contributed by atoms with van der Waals surface area (Å²) in [5.41, 5.74) is -0.193. The molecule has 1 aromatic carbocycles. The fourth-order valence-corrected chi connectivity index (χ4v) is 2.76. The number of ether oxygens (including phenoxy) is 2. The van der Waals surface area contributed by atoms with E-state index < -0.39 is 35.7 Å². The number of aromatic hydroxyl groups is 1. The fourth-order valence-electron chi connectivity index (χ4n) is 2.76. The first kappa shape index (κ1) is 20.8. The molecule has 0 bridgehead atoms. The Bertz CT molecular complexity index is 698. The van der Waals surface area contributed by atoms with Gasteiger partial charge in [0.2, 0.25) is 0 Å². The predicted molar refractivity (Wildman–Crippen MR) is 97.4 cm³/mol. The highest BCUT2D eigenvalue weighted by Crippen LogP contribution is 2.29. The largest absolute Gasteiger partial charge is 0.508 e. The van der Waals surface area contributed by atoms with Crippen molar-refractivity contribution in [2.24, 2.45) is 5.92 Å². The van der Waals surface area contributed by atoms with Crippen molar-refractivity contribution in [3.63, 3.8) is 0 Å². The van der Waals surface area contributed by atoms with Gasteiger partial charge in [-0.15, -0.1) is 0 Å². The van der Waals surface area contributed by atoms with Crippen LogP contribution < -0.4 is 10.1 Å². The van der Waals surface area contributed by atoms with Crippen LogP contribution >= 0.6 is 0 Å². The van der Waals surface area contributed by atoms with Crippen molar-refractivity contribution in [1.82, 2.24) is 10.2 Å². The van der Waals surface area contributed by atoms with Gasteiger partial charge in [0, 0.05) is 24.6 Å². The highest BCUT2D eigenvalue weighted by molar-refractivity contribution is 5.82. The van der Waals surface area contributed by atoms with E-state index in [-0.39, 0.29) is 18.8 Å². The third-order valence-corrected chi connectivity index (χ3v) is 4.29. The lowest BCUT2D eigenvalue weighted by Crippen LogP contribution is -2.57. The lowest BCUT2D eigenvalue weighted by atomic mass is 9.94. The number of hydrogen-bond donors (Lipinski definition) is 2. The lowest BCUT2D eigenvalue weighted by molar-refractivity contribution is -0.131. The van der Waals surface area contributed by atoms with Crippen molar-refractivity contribution in [3.05, 3.63) is 23.8 Å². The van der Waals surface area contributed by atoms with Crippen molar-refractivity contribution in [3.8, 4) is 11.5 Å². The minimum atomic E-state index is -1.75. The maximum absolute atomic E-state index is 14.5. The lowest BCUT2D eigenvalue weighted by Gasteiger charge is -2.40. The van der Waals surface area contributed by atoms with Crippen molar-refractivity contribution in [2.45, 2.75) is 45.5 Å². The molecule has 1 aliphatic rings. The fraction of sp³-hybridized carbons (Fsp3) is 0.579. The zero-order valence-corrected chi connectivity index (χ0v) is 16.3. The van der Waals surface area contributed by atoms with Crippen LogP contribution in [0.25, 0.3) is 0 Å². The van der Waals surface area contributed by atoms with Crippen LogP contribution in [-0.4, -0.2) is 54.0 Å². The molecular weight excluding hydrogens is 355 g/mol. The molecule has 0 aromatic heterocycles. The molecule has 27 heavy (non-hydrogen) atoms. The van der Waals surface area contributed by atoms with Crippen LogP contribution in [0.1, 0.15) is 39.3 Å². The van der Waals surface area contributed by atoms with Crippen LogP contribution in [0.15, 0.2) is 18.2 Å². The molecule has 150 valence electrons. The van der Waals surface area contributed by atoms with E-state index in [4.69, 9.17) is 9.47 Å². The summed E-state index contributed by atoms with van der Waals surface area (Å²) in [6.45, 7) is 7.16. The summed E-state index contributed by atoms with van der Waals surface area (Å²) >= 11 is 0. The second-order valence-electron chi connectivity index (χ2n) is 7.70. The number of methoxy groups -OCH3 is 1. The summed E-state index contributed by atoms with van der Waals surface area (Å²) in [4.78, 5) is 25.4. The maximum atomic E-state index is 14.5. The molecule has 0 spiro atoms. The van der Waals surface area contributed by atoms with E-state index in [1.54, 1.807) is 39.8 Å². The van der Waals surface area contributed by atoms with Crippen molar-refractivity contribution in [2.75, 3.05) is 20.2 Å². The molecule has 1 fully saturated rings. The van der Waals surface area contributed by atoms with Crippen LogP contribution in [0.3, 0.4) is 0 Å². The van der Waals surface area contributed by atoms with E-state index in [1.165, 1.54) is 18.1 Å². The van der Waals surface area contributed by atoms with E-state index in [0.717, 1.165) is 0 Å². The smallest absolute Gasteiger partial charge is 0.410 e. The standard InChI is InChI=1S/C19H27FN2O5/c1-11(14-8-13(26-5)6-7-15(14)23)21-17(24)16(20)12-9-22(10-12)18(25)27-19(2,3)4/h6-8,11-12,16,23H,9-10H2,1-5H3,(H,21,24)/t11-,16+/m0/s1. The van der Waals surface area contributed by atoms with Crippen LogP contribution in [0.2, 0.25) is 0 Å². The van der Waals surface area contributed by atoms with Crippen molar-refractivity contribution < 1.29 is 28.6 Å². The summed E-state index contributed by atoms with van der Waals surface area (Å²) in [6.07, 6.45) is -2.26. The molecule has 1 saturated heterocycles. The number of halogens is 1. The Hall–Kier alpha value is -2.51. The Morgan fingerprint density at radius 2 is 1.96 bits per heavy atom. The highest BCUT2D eigenvalue weighted by Gasteiger charge is 2.41. The number of amides is 2. The van der Waals surface area contributed by atoms with E-state index >= 15 is 0 Å². The zero-order chi connectivity index (χ0) is 20.4. The zero-order valence-electron chi connectivity index (χ0n) is 16.3. The molecule has 1 heterocycles. The minimum absolute atomic E-state index is 0.0150. The van der Waals surface area contributed by atoms with Crippen LogP contribution in [-0.2, 0) is 9.53 Å². The Kier molecular flexibility index (Phi) is 6.18. The molecule has 1 aromatic rings. The maximum Gasteiger partial charge on any atom is 0.410 e. The van der Waals surface area contributed by atoms with Gasteiger partial charge in [0.15, 0.2) is 6.17 Å². The second kappa shape index (κ2) is 8.02.